The molecule has 2 aromatic rings. The van der Waals surface area contributed by atoms with Gasteiger partial charge in [-0.1, -0.05) is 24.3 Å². The fraction of sp³-hybridized carbons (Fsp3) is 0.333. The van der Waals surface area contributed by atoms with E-state index in [4.69, 9.17) is 0 Å². The minimum atomic E-state index is -4.43. The van der Waals surface area contributed by atoms with Crippen molar-refractivity contribution in [3.05, 3.63) is 71.0 Å². The minimum absolute atomic E-state index is 0.0640. The van der Waals surface area contributed by atoms with Crippen molar-refractivity contribution >= 4 is 11.8 Å². The largest absolute Gasteiger partial charge is 0.416 e. The standard InChI is InChI=1S/C21H21F4N3O2/c1-12(14-4-6-15(7-5-14)21(23,24)25)26-20(30)17-11-19(29)28-18(27-17)10-13-2-8-16(22)9-3-13/h2-9,12,17-18,27H,10-11H2,1H3,(H,26,30)(H,28,29)/t12-,17?,18?/m1/s1. The molecule has 0 spiro atoms. The lowest BCUT2D eigenvalue weighted by Gasteiger charge is -2.31. The summed E-state index contributed by atoms with van der Waals surface area (Å²) >= 11 is 0. The van der Waals surface area contributed by atoms with Gasteiger partial charge in [0.2, 0.25) is 11.8 Å². The molecule has 2 unspecified atom stereocenters. The molecule has 3 N–H and O–H groups in total. The van der Waals surface area contributed by atoms with Gasteiger partial charge in [0.1, 0.15) is 5.82 Å². The zero-order valence-electron chi connectivity index (χ0n) is 16.1. The van der Waals surface area contributed by atoms with Gasteiger partial charge in [0.05, 0.1) is 30.2 Å². The zero-order valence-corrected chi connectivity index (χ0v) is 16.1. The van der Waals surface area contributed by atoms with E-state index >= 15 is 0 Å². The van der Waals surface area contributed by atoms with Gasteiger partial charge in [0.25, 0.3) is 0 Å². The molecule has 160 valence electrons. The fourth-order valence-electron chi connectivity index (χ4n) is 3.27. The van der Waals surface area contributed by atoms with E-state index in [1.807, 2.05) is 0 Å². The van der Waals surface area contributed by atoms with Gasteiger partial charge in [-0.2, -0.15) is 13.2 Å². The van der Waals surface area contributed by atoms with Crippen LogP contribution in [0.25, 0.3) is 0 Å². The molecule has 2 amide bonds. The van der Waals surface area contributed by atoms with Crippen LogP contribution in [0.1, 0.15) is 36.1 Å². The Hall–Kier alpha value is -2.94. The highest BCUT2D eigenvalue weighted by Gasteiger charge is 2.32. The van der Waals surface area contributed by atoms with E-state index in [1.165, 1.54) is 24.3 Å². The molecule has 0 saturated carbocycles. The van der Waals surface area contributed by atoms with Crippen LogP contribution < -0.4 is 16.0 Å². The molecular formula is C21H21F4N3O2. The quantitative estimate of drug-likeness (QED) is 0.648. The van der Waals surface area contributed by atoms with Crippen LogP contribution in [0.5, 0.6) is 0 Å². The maximum Gasteiger partial charge on any atom is 0.416 e. The molecule has 0 aliphatic carbocycles. The summed E-state index contributed by atoms with van der Waals surface area (Å²) in [7, 11) is 0. The lowest BCUT2D eigenvalue weighted by Crippen LogP contribution is -2.61. The highest BCUT2D eigenvalue weighted by molar-refractivity contribution is 5.89. The molecule has 1 fully saturated rings. The van der Waals surface area contributed by atoms with Crippen LogP contribution in [0, 0.1) is 5.82 Å². The summed E-state index contributed by atoms with van der Waals surface area (Å²) in [4.78, 5) is 24.6. The summed E-state index contributed by atoms with van der Waals surface area (Å²) in [5.41, 5.74) is 0.534. The molecule has 5 nitrogen and oxygen atoms in total. The Morgan fingerprint density at radius 1 is 1.13 bits per heavy atom. The van der Waals surface area contributed by atoms with Crippen LogP contribution >= 0.6 is 0 Å². The summed E-state index contributed by atoms with van der Waals surface area (Å²) in [5, 5.41) is 8.51. The molecule has 0 radical (unpaired) electrons. The van der Waals surface area contributed by atoms with E-state index in [-0.39, 0.29) is 18.1 Å². The topological polar surface area (TPSA) is 70.2 Å². The van der Waals surface area contributed by atoms with Gasteiger partial charge >= 0.3 is 6.18 Å². The molecule has 2 aromatic carbocycles. The Kier molecular flexibility index (Phi) is 6.40. The summed E-state index contributed by atoms with van der Waals surface area (Å²) in [5.74, 6) is -1.10. The molecule has 1 saturated heterocycles. The number of carbonyl (C=O) groups excluding carboxylic acids is 2. The van der Waals surface area contributed by atoms with Crippen LogP contribution in [-0.4, -0.2) is 24.0 Å². The second-order valence-electron chi connectivity index (χ2n) is 7.22. The first-order chi connectivity index (χ1) is 14.1. The van der Waals surface area contributed by atoms with Crippen LogP contribution in [0.3, 0.4) is 0 Å². The molecule has 3 atom stereocenters. The van der Waals surface area contributed by atoms with Crippen LogP contribution in [0.4, 0.5) is 17.6 Å². The number of halogens is 4. The first-order valence-corrected chi connectivity index (χ1v) is 9.39. The van der Waals surface area contributed by atoms with Crippen molar-refractivity contribution in [1.82, 2.24) is 16.0 Å². The van der Waals surface area contributed by atoms with Crippen LogP contribution in [0.2, 0.25) is 0 Å². The molecule has 3 rings (SSSR count). The predicted molar refractivity (Wildman–Crippen MR) is 102 cm³/mol. The van der Waals surface area contributed by atoms with E-state index in [2.05, 4.69) is 16.0 Å². The molecule has 0 bridgehead atoms. The van der Waals surface area contributed by atoms with E-state index < -0.39 is 35.9 Å². The number of benzene rings is 2. The Morgan fingerprint density at radius 2 is 1.77 bits per heavy atom. The van der Waals surface area contributed by atoms with Crippen molar-refractivity contribution in [3.8, 4) is 0 Å². The summed E-state index contributed by atoms with van der Waals surface area (Å²) in [6, 6.07) is 9.04. The first kappa shape index (κ1) is 21.8. The average molecular weight is 423 g/mol. The first-order valence-electron chi connectivity index (χ1n) is 9.39. The number of carbonyl (C=O) groups is 2. The monoisotopic (exact) mass is 423 g/mol. The lowest BCUT2D eigenvalue weighted by molar-refractivity contribution is -0.137. The molecule has 1 aliphatic heterocycles. The highest BCUT2D eigenvalue weighted by Crippen LogP contribution is 2.29. The van der Waals surface area contributed by atoms with Crippen molar-refractivity contribution in [3.63, 3.8) is 0 Å². The van der Waals surface area contributed by atoms with Gasteiger partial charge in [-0.3, -0.25) is 14.9 Å². The minimum Gasteiger partial charge on any atom is -0.348 e. The van der Waals surface area contributed by atoms with Crippen LogP contribution in [0.15, 0.2) is 48.5 Å². The smallest absolute Gasteiger partial charge is 0.348 e. The number of hydrogen-bond acceptors (Lipinski definition) is 3. The van der Waals surface area contributed by atoms with E-state index in [0.717, 1.165) is 17.7 Å². The Bertz CT molecular complexity index is 898. The molecule has 0 aromatic heterocycles. The van der Waals surface area contributed by atoms with Crippen molar-refractivity contribution in [1.29, 1.82) is 0 Å². The summed E-state index contributed by atoms with van der Waals surface area (Å²) in [6.45, 7) is 1.65. The van der Waals surface area contributed by atoms with Gasteiger partial charge in [0.15, 0.2) is 0 Å². The van der Waals surface area contributed by atoms with Gasteiger partial charge in [-0.25, -0.2) is 4.39 Å². The van der Waals surface area contributed by atoms with E-state index in [1.54, 1.807) is 19.1 Å². The van der Waals surface area contributed by atoms with Gasteiger partial charge in [-0.05, 0) is 42.3 Å². The third kappa shape index (κ3) is 5.56. The summed E-state index contributed by atoms with van der Waals surface area (Å²) < 4.78 is 51.1. The van der Waals surface area contributed by atoms with Gasteiger partial charge in [0, 0.05) is 6.42 Å². The van der Waals surface area contributed by atoms with Gasteiger partial charge in [-0.15, -0.1) is 0 Å². The normalized spacial score (nSPS) is 20.4. The molecule has 9 heteroatoms. The molecule has 1 aliphatic rings. The number of nitrogens with one attached hydrogen (secondary N) is 3. The van der Waals surface area contributed by atoms with Crippen molar-refractivity contribution in [2.45, 2.75) is 44.2 Å². The Morgan fingerprint density at radius 3 is 2.37 bits per heavy atom. The average Bonchev–Trinajstić information content (AvgIpc) is 2.68. The number of alkyl halides is 3. The zero-order chi connectivity index (χ0) is 21.9. The number of hydrogen-bond donors (Lipinski definition) is 3. The third-order valence-corrected chi connectivity index (χ3v) is 4.89. The lowest BCUT2D eigenvalue weighted by atomic mass is 10.0. The second kappa shape index (κ2) is 8.83. The Labute approximate surface area is 170 Å². The number of rotatable bonds is 5. The molecular weight excluding hydrogens is 402 g/mol. The SMILES string of the molecule is C[C@@H](NC(=O)C1CC(=O)NC(Cc2ccc(F)cc2)N1)c1ccc(C(F)(F)F)cc1. The van der Waals surface area contributed by atoms with Crippen LogP contribution in [-0.2, 0) is 22.2 Å². The van der Waals surface area contributed by atoms with E-state index in [0.29, 0.717) is 12.0 Å². The second-order valence-corrected chi connectivity index (χ2v) is 7.22. The van der Waals surface area contributed by atoms with Gasteiger partial charge < -0.3 is 10.6 Å². The van der Waals surface area contributed by atoms with Crippen molar-refractivity contribution < 1.29 is 27.2 Å². The summed E-state index contributed by atoms with van der Waals surface area (Å²) in [6.07, 6.45) is -4.63. The number of amides is 2. The predicted octanol–water partition coefficient (Wildman–Crippen LogP) is 3.07. The highest BCUT2D eigenvalue weighted by atomic mass is 19.4. The Balaban J connectivity index is 1.60. The van der Waals surface area contributed by atoms with Crippen molar-refractivity contribution in [2.75, 3.05) is 0 Å². The molecule has 1 heterocycles. The molecule has 30 heavy (non-hydrogen) atoms. The third-order valence-electron chi connectivity index (χ3n) is 4.89. The van der Waals surface area contributed by atoms with Crippen molar-refractivity contribution in [2.24, 2.45) is 0 Å². The van der Waals surface area contributed by atoms with E-state index in [9.17, 15) is 27.2 Å². The maximum atomic E-state index is 13.0. The maximum absolute atomic E-state index is 13.0. The fourth-order valence-corrected chi connectivity index (χ4v) is 3.27.